The van der Waals surface area contributed by atoms with Crippen molar-refractivity contribution in [2.75, 3.05) is 13.1 Å². The van der Waals surface area contributed by atoms with Crippen LogP contribution in [-0.2, 0) is 9.59 Å². The Morgan fingerprint density at radius 2 is 1.17 bits per heavy atom. The van der Waals surface area contributed by atoms with Crippen LogP contribution in [-0.4, -0.2) is 57.8 Å². The van der Waals surface area contributed by atoms with Crippen molar-refractivity contribution in [3.05, 3.63) is 0 Å². The van der Waals surface area contributed by atoms with Crippen LogP contribution in [0.4, 0.5) is 9.59 Å². The number of rotatable bonds is 0. The van der Waals surface area contributed by atoms with E-state index in [0.717, 1.165) is 0 Å². The molecule has 0 aromatic heterocycles. The van der Waals surface area contributed by atoms with Gasteiger partial charge in [0.2, 0.25) is 11.8 Å². The first-order valence-corrected chi connectivity index (χ1v) is 7.55. The molecule has 8 heteroatoms. The van der Waals surface area contributed by atoms with Gasteiger partial charge in [0.15, 0.2) is 0 Å². The van der Waals surface area contributed by atoms with Crippen molar-refractivity contribution in [1.29, 1.82) is 0 Å². The number of hydrogen-bond donors (Lipinski definition) is 2. The van der Waals surface area contributed by atoms with Crippen molar-refractivity contribution in [3.63, 3.8) is 0 Å². The number of nitrogens with zero attached hydrogens (tertiary/aromatic N) is 2. The quantitative estimate of drug-likeness (QED) is 0.650. The molecule has 0 aromatic rings. The summed E-state index contributed by atoms with van der Waals surface area (Å²) in [6.07, 6.45) is 0.406. The number of carbonyl (C=O) groups excluding carboxylic acids is 4. The minimum absolute atomic E-state index is 0.180. The van der Waals surface area contributed by atoms with Crippen LogP contribution in [0.5, 0.6) is 0 Å². The van der Waals surface area contributed by atoms with E-state index in [0.29, 0.717) is 13.0 Å². The highest BCUT2D eigenvalue weighted by atomic mass is 16.2. The lowest BCUT2D eigenvalue weighted by atomic mass is 10.1. The van der Waals surface area contributed by atoms with Gasteiger partial charge in [-0.25, -0.2) is 9.59 Å². The first-order valence-electron chi connectivity index (χ1n) is 7.55. The van der Waals surface area contributed by atoms with E-state index in [2.05, 4.69) is 10.6 Å². The Hall–Kier alpha value is -2.12. The number of hydrogen-bond acceptors (Lipinski definition) is 4. The van der Waals surface area contributed by atoms with Crippen molar-refractivity contribution < 1.29 is 19.2 Å². The monoisotopic (exact) mass is 326 g/mol. The summed E-state index contributed by atoms with van der Waals surface area (Å²) in [6, 6.07) is -0.568. The average molecular weight is 326 g/mol. The van der Waals surface area contributed by atoms with Gasteiger partial charge in [-0.1, -0.05) is 0 Å². The molecule has 0 aromatic carbocycles. The number of carbonyl (C=O) groups is 4. The predicted octanol–water partition coefficient (Wildman–Crippen LogP) is 1.06. The van der Waals surface area contributed by atoms with E-state index >= 15 is 0 Å². The molecule has 0 radical (unpaired) electrons. The zero-order valence-corrected chi connectivity index (χ0v) is 14.6. The second kappa shape index (κ2) is 6.55. The Morgan fingerprint density at radius 3 is 1.48 bits per heavy atom. The van der Waals surface area contributed by atoms with Crippen molar-refractivity contribution in [1.82, 2.24) is 20.4 Å². The topological polar surface area (TPSA) is 98.8 Å². The molecule has 2 heterocycles. The van der Waals surface area contributed by atoms with E-state index in [9.17, 15) is 19.2 Å². The third kappa shape index (κ3) is 5.22. The first-order chi connectivity index (χ1) is 10.3. The maximum Gasteiger partial charge on any atom is 0.325 e. The maximum atomic E-state index is 11.2. The Labute approximate surface area is 136 Å². The summed E-state index contributed by atoms with van der Waals surface area (Å²) in [4.78, 5) is 47.0. The normalized spacial score (nSPS) is 19.2. The molecule has 0 aliphatic carbocycles. The molecule has 23 heavy (non-hydrogen) atoms. The summed E-state index contributed by atoms with van der Waals surface area (Å²) in [7, 11) is 0. The Kier molecular flexibility index (Phi) is 5.39. The number of nitrogens with one attached hydrogen (secondary N) is 2. The molecule has 6 amide bonds. The molecule has 2 rings (SSSR count). The van der Waals surface area contributed by atoms with Gasteiger partial charge >= 0.3 is 12.1 Å². The van der Waals surface area contributed by atoms with Gasteiger partial charge in [-0.3, -0.25) is 20.2 Å². The Morgan fingerprint density at radius 1 is 0.739 bits per heavy atom. The summed E-state index contributed by atoms with van der Waals surface area (Å²) >= 11 is 0. The Bertz CT molecular complexity index is 517. The number of amides is 6. The maximum absolute atomic E-state index is 11.2. The van der Waals surface area contributed by atoms with Crippen LogP contribution in [0.15, 0.2) is 0 Å². The van der Waals surface area contributed by atoms with Crippen LogP contribution in [0, 0.1) is 0 Å². The fourth-order valence-electron chi connectivity index (χ4n) is 2.19. The van der Waals surface area contributed by atoms with E-state index in [1.807, 2.05) is 41.5 Å². The highest BCUT2D eigenvalue weighted by molar-refractivity contribution is 6.02. The summed E-state index contributed by atoms with van der Waals surface area (Å²) in [6.45, 7) is 12.2. The molecule has 130 valence electrons. The van der Waals surface area contributed by atoms with Crippen molar-refractivity contribution >= 4 is 23.9 Å². The van der Waals surface area contributed by atoms with Crippen molar-refractivity contribution in [2.24, 2.45) is 0 Å². The summed E-state index contributed by atoms with van der Waals surface area (Å²) in [5.74, 6) is -0.398. The highest BCUT2D eigenvalue weighted by Gasteiger charge is 2.34. The smallest absolute Gasteiger partial charge is 0.319 e. The molecule has 2 fully saturated rings. The zero-order chi connectivity index (χ0) is 18.0. The van der Waals surface area contributed by atoms with Crippen molar-refractivity contribution in [3.8, 4) is 0 Å². The summed E-state index contributed by atoms with van der Waals surface area (Å²) in [5, 5.41) is 4.51. The molecule has 0 unspecified atom stereocenters. The minimum Gasteiger partial charge on any atom is -0.319 e. The second-order valence-electron chi connectivity index (χ2n) is 7.54. The molecule has 2 N–H and O–H groups in total. The largest absolute Gasteiger partial charge is 0.325 e. The molecule has 2 aliphatic heterocycles. The van der Waals surface area contributed by atoms with E-state index in [4.69, 9.17) is 0 Å². The molecule has 0 saturated carbocycles. The van der Waals surface area contributed by atoms with Gasteiger partial charge in [0.1, 0.15) is 6.54 Å². The van der Waals surface area contributed by atoms with Gasteiger partial charge in [0.25, 0.3) is 0 Å². The lowest BCUT2D eigenvalue weighted by Crippen LogP contribution is -2.56. The van der Waals surface area contributed by atoms with E-state index in [1.165, 1.54) is 4.90 Å². The molecule has 8 nitrogen and oxygen atoms in total. The van der Waals surface area contributed by atoms with Crippen molar-refractivity contribution in [2.45, 2.75) is 59.0 Å². The highest BCUT2D eigenvalue weighted by Crippen LogP contribution is 2.16. The number of imide groups is 2. The lowest BCUT2D eigenvalue weighted by molar-refractivity contribution is -0.122. The predicted molar refractivity (Wildman–Crippen MR) is 84.6 cm³/mol. The minimum atomic E-state index is -0.289. The van der Waals surface area contributed by atoms with Gasteiger partial charge in [-0.15, -0.1) is 0 Å². The molecule has 0 atom stereocenters. The molecular formula is C15H26N4O4. The summed E-state index contributed by atoms with van der Waals surface area (Å²) in [5.41, 5.74) is -0.471. The Balaban J connectivity index is 0.000000231. The molecule has 0 bridgehead atoms. The lowest BCUT2D eigenvalue weighted by Gasteiger charge is -2.37. The van der Waals surface area contributed by atoms with Gasteiger partial charge in [0, 0.05) is 24.0 Å². The number of urea groups is 2. The van der Waals surface area contributed by atoms with Gasteiger partial charge < -0.3 is 9.80 Å². The van der Waals surface area contributed by atoms with Crippen LogP contribution >= 0.6 is 0 Å². The van der Waals surface area contributed by atoms with Crippen LogP contribution in [0.3, 0.4) is 0 Å². The third-order valence-corrected chi connectivity index (χ3v) is 3.47. The summed E-state index contributed by atoms with van der Waals surface area (Å²) < 4.78 is 0. The van der Waals surface area contributed by atoms with Crippen LogP contribution in [0.25, 0.3) is 0 Å². The van der Waals surface area contributed by atoms with Crippen LogP contribution in [0.2, 0.25) is 0 Å². The average Bonchev–Trinajstić information content (AvgIpc) is 2.67. The fraction of sp³-hybridized carbons (Fsp3) is 0.733. The third-order valence-electron chi connectivity index (χ3n) is 3.47. The SMILES string of the molecule is CC(C)(C)N1CC(=O)NC1=O.CC(C)(C)N1CCC(=O)NC1=O. The molecule has 2 aliphatic rings. The zero-order valence-electron chi connectivity index (χ0n) is 14.6. The standard InChI is InChI=1S/C8H14N2O2.C7H12N2O2/c1-8(2,3)10-5-4-6(11)9-7(10)12;1-7(2,3)9-4-5(10)8-6(9)11/h4-5H2,1-3H3,(H,9,11,12);4H2,1-3H3,(H,8,10,11). The molecule has 2 saturated heterocycles. The van der Waals surface area contributed by atoms with Gasteiger partial charge in [-0.05, 0) is 41.5 Å². The molecular weight excluding hydrogens is 300 g/mol. The van der Waals surface area contributed by atoms with Gasteiger partial charge in [0.05, 0.1) is 0 Å². The van der Waals surface area contributed by atoms with Crippen LogP contribution in [0.1, 0.15) is 48.0 Å². The first kappa shape index (κ1) is 18.9. The van der Waals surface area contributed by atoms with E-state index in [-0.39, 0.29) is 41.5 Å². The van der Waals surface area contributed by atoms with Gasteiger partial charge in [-0.2, -0.15) is 0 Å². The second-order valence-corrected chi connectivity index (χ2v) is 7.54. The van der Waals surface area contributed by atoms with E-state index < -0.39 is 0 Å². The molecule has 0 spiro atoms. The van der Waals surface area contributed by atoms with E-state index in [1.54, 1.807) is 4.90 Å². The van der Waals surface area contributed by atoms with Crippen LogP contribution < -0.4 is 10.6 Å². The fourth-order valence-corrected chi connectivity index (χ4v) is 2.19.